The summed E-state index contributed by atoms with van der Waals surface area (Å²) in [5.74, 6) is 0. The molecule has 0 spiro atoms. The predicted molar refractivity (Wildman–Crippen MR) is 68.7 cm³/mol. The minimum absolute atomic E-state index is 0.211. The van der Waals surface area contributed by atoms with Crippen LogP contribution in [0, 0.1) is 0 Å². The number of benzene rings is 1. The number of hydrogen-bond acceptors (Lipinski definition) is 3. The molecule has 0 saturated carbocycles. The molecule has 2 rings (SSSR count). The molecule has 0 unspecified atom stereocenters. The van der Waals surface area contributed by atoms with Crippen LogP contribution in [0.2, 0.25) is 5.02 Å². The Morgan fingerprint density at radius 1 is 1.29 bits per heavy atom. The van der Waals surface area contributed by atoms with Gasteiger partial charge in [0.1, 0.15) is 10.6 Å². The van der Waals surface area contributed by atoms with Gasteiger partial charge in [-0.2, -0.15) is 4.72 Å². The van der Waals surface area contributed by atoms with Gasteiger partial charge in [0.05, 0.1) is 5.69 Å². The van der Waals surface area contributed by atoms with Gasteiger partial charge in [-0.1, -0.05) is 25.4 Å². The van der Waals surface area contributed by atoms with E-state index in [1.54, 1.807) is 12.1 Å². The number of rotatable bonds is 2. The third kappa shape index (κ3) is 2.14. The highest BCUT2D eigenvalue weighted by atomic mass is 35.5. The van der Waals surface area contributed by atoms with Crippen molar-refractivity contribution in [3.05, 3.63) is 23.2 Å². The first-order valence-corrected chi connectivity index (χ1v) is 7.40. The molecule has 0 aliphatic carbocycles. The molecule has 0 aromatic heterocycles. The number of fused-ring (bicyclic) bond motifs is 1. The molecule has 0 amide bonds. The fourth-order valence-corrected chi connectivity index (χ4v) is 3.88. The van der Waals surface area contributed by atoms with E-state index < -0.39 is 15.7 Å². The Morgan fingerprint density at radius 2 is 1.94 bits per heavy atom. The second kappa shape index (κ2) is 4.15. The van der Waals surface area contributed by atoms with Gasteiger partial charge in [0, 0.05) is 5.02 Å². The van der Waals surface area contributed by atoms with E-state index in [-0.39, 0.29) is 4.90 Å². The zero-order valence-electron chi connectivity index (χ0n) is 9.75. The lowest BCUT2D eigenvalue weighted by molar-refractivity contribution is 0.394. The molecule has 1 heterocycles. The summed E-state index contributed by atoms with van der Waals surface area (Å²) in [4.78, 5) is 0.211. The molecule has 2 N–H and O–H groups in total. The van der Waals surface area contributed by atoms with Crippen LogP contribution in [-0.2, 0) is 10.0 Å². The Kier molecular flexibility index (Phi) is 3.10. The summed E-state index contributed by atoms with van der Waals surface area (Å²) in [7, 11) is -3.49. The standard InChI is InChI=1S/C11H15ClN2O2S/c1-3-11(4-2)13-9-6-5-8(12)7-10(9)17(15,16)14-11/h5-7,13-14H,3-4H2,1-2H3. The minimum atomic E-state index is -3.49. The summed E-state index contributed by atoms with van der Waals surface area (Å²) in [6, 6.07) is 4.85. The van der Waals surface area contributed by atoms with Crippen molar-refractivity contribution in [2.75, 3.05) is 5.32 Å². The average molecular weight is 275 g/mol. The molecule has 6 heteroatoms. The van der Waals surface area contributed by atoms with Crippen molar-refractivity contribution >= 4 is 27.3 Å². The van der Waals surface area contributed by atoms with Crippen molar-refractivity contribution in [3.63, 3.8) is 0 Å². The molecular formula is C11H15ClN2O2S. The van der Waals surface area contributed by atoms with Crippen LogP contribution in [0.25, 0.3) is 0 Å². The van der Waals surface area contributed by atoms with Crippen LogP contribution in [0.5, 0.6) is 0 Å². The van der Waals surface area contributed by atoms with Crippen LogP contribution in [-0.4, -0.2) is 14.1 Å². The third-order valence-electron chi connectivity index (χ3n) is 3.14. The summed E-state index contributed by atoms with van der Waals surface area (Å²) in [5.41, 5.74) is 0.0106. The molecule has 0 atom stereocenters. The third-order valence-corrected chi connectivity index (χ3v) is 4.96. The quantitative estimate of drug-likeness (QED) is 0.871. The lowest BCUT2D eigenvalue weighted by Gasteiger charge is -2.39. The van der Waals surface area contributed by atoms with Crippen molar-refractivity contribution in [1.29, 1.82) is 0 Å². The summed E-state index contributed by atoms with van der Waals surface area (Å²) in [6.07, 6.45) is 1.34. The number of hydrogen-bond donors (Lipinski definition) is 2. The van der Waals surface area contributed by atoms with E-state index in [1.807, 2.05) is 13.8 Å². The monoisotopic (exact) mass is 274 g/mol. The molecule has 4 nitrogen and oxygen atoms in total. The molecule has 0 radical (unpaired) electrons. The molecule has 1 aromatic carbocycles. The summed E-state index contributed by atoms with van der Waals surface area (Å²) >= 11 is 5.82. The lowest BCUT2D eigenvalue weighted by Crippen LogP contribution is -2.56. The van der Waals surface area contributed by atoms with E-state index in [9.17, 15) is 8.42 Å². The van der Waals surface area contributed by atoms with Crippen LogP contribution in [0.1, 0.15) is 26.7 Å². The molecule has 0 fully saturated rings. The minimum Gasteiger partial charge on any atom is -0.365 e. The Labute approximate surface area is 106 Å². The van der Waals surface area contributed by atoms with E-state index >= 15 is 0 Å². The van der Waals surface area contributed by atoms with Gasteiger partial charge in [0.25, 0.3) is 0 Å². The molecule has 1 aromatic rings. The van der Waals surface area contributed by atoms with Gasteiger partial charge in [0.15, 0.2) is 0 Å². The van der Waals surface area contributed by atoms with E-state index in [0.29, 0.717) is 23.6 Å². The van der Waals surface area contributed by atoms with Crippen LogP contribution in [0.3, 0.4) is 0 Å². The predicted octanol–water partition coefficient (Wildman–Crippen LogP) is 2.56. The lowest BCUT2D eigenvalue weighted by atomic mass is 10.0. The normalized spacial score (nSPS) is 20.4. The maximum Gasteiger partial charge on any atom is 0.244 e. The van der Waals surface area contributed by atoms with E-state index in [1.165, 1.54) is 6.07 Å². The van der Waals surface area contributed by atoms with Crippen molar-refractivity contribution in [3.8, 4) is 0 Å². The van der Waals surface area contributed by atoms with Crippen LogP contribution in [0.4, 0.5) is 5.69 Å². The fourth-order valence-electron chi connectivity index (χ4n) is 1.99. The maximum absolute atomic E-state index is 12.1. The highest BCUT2D eigenvalue weighted by molar-refractivity contribution is 7.89. The van der Waals surface area contributed by atoms with Crippen LogP contribution >= 0.6 is 11.6 Å². The van der Waals surface area contributed by atoms with Gasteiger partial charge in [-0.15, -0.1) is 0 Å². The highest BCUT2D eigenvalue weighted by Crippen LogP contribution is 2.34. The topological polar surface area (TPSA) is 58.2 Å². The van der Waals surface area contributed by atoms with Gasteiger partial charge < -0.3 is 5.32 Å². The second-order valence-electron chi connectivity index (χ2n) is 4.16. The van der Waals surface area contributed by atoms with Crippen molar-refractivity contribution in [2.24, 2.45) is 0 Å². The van der Waals surface area contributed by atoms with Gasteiger partial charge >= 0.3 is 0 Å². The Hall–Kier alpha value is -0.780. The van der Waals surface area contributed by atoms with E-state index in [0.717, 1.165) is 0 Å². The largest absolute Gasteiger partial charge is 0.365 e. The second-order valence-corrected chi connectivity index (χ2v) is 6.25. The first-order chi connectivity index (χ1) is 7.92. The Morgan fingerprint density at radius 3 is 2.53 bits per heavy atom. The molecule has 0 saturated heterocycles. The Bertz CT molecular complexity index is 538. The van der Waals surface area contributed by atoms with E-state index in [4.69, 9.17) is 11.6 Å². The first kappa shape index (κ1) is 12.7. The molecule has 1 aliphatic rings. The fraction of sp³-hybridized carbons (Fsp3) is 0.455. The molecule has 17 heavy (non-hydrogen) atoms. The van der Waals surface area contributed by atoms with Crippen molar-refractivity contribution in [2.45, 2.75) is 37.2 Å². The van der Waals surface area contributed by atoms with Gasteiger partial charge in [-0.25, -0.2) is 8.42 Å². The van der Waals surface area contributed by atoms with Gasteiger partial charge in [-0.3, -0.25) is 0 Å². The van der Waals surface area contributed by atoms with Crippen LogP contribution < -0.4 is 10.0 Å². The molecule has 1 aliphatic heterocycles. The SMILES string of the molecule is CCC1(CC)Nc2ccc(Cl)cc2S(=O)(=O)N1. The summed E-state index contributed by atoms with van der Waals surface area (Å²) < 4.78 is 27.0. The number of anilines is 1. The first-order valence-electron chi connectivity index (χ1n) is 5.54. The Balaban J connectivity index is 2.59. The average Bonchev–Trinajstić information content (AvgIpc) is 2.29. The summed E-state index contributed by atoms with van der Waals surface area (Å²) in [6.45, 7) is 3.89. The van der Waals surface area contributed by atoms with Crippen molar-refractivity contribution in [1.82, 2.24) is 4.72 Å². The molecule has 94 valence electrons. The summed E-state index contributed by atoms with van der Waals surface area (Å²) in [5, 5.41) is 3.66. The molecule has 0 bridgehead atoms. The number of sulfonamides is 1. The van der Waals surface area contributed by atoms with Crippen LogP contribution in [0.15, 0.2) is 23.1 Å². The number of nitrogens with one attached hydrogen (secondary N) is 2. The number of halogens is 1. The highest BCUT2D eigenvalue weighted by Gasteiger charge is 2.38. The van der Waals surface area contributed by atoms with Crippen molar-refractivity contribution < 1.29 is 8.42 Å². The van der Waals surface area contributed by atoms with Gasteiger partial charge in [-0.05, 0) is 31.0 Å². The zero-order chi connectivity index (χ0) is 12.7. The smallest absolute Gasteiger partial charge is 0.244 e. The van der Waals surface area contributed by atoms with E-state index in [2.05, 4.69) is 10.0 Å². The van der Waals surface area contributed by atoms with Gasteiger partial charge in [0.2, 0.25) is 10.0 Å². The zero-order valence-corrected chi connectivity index (χ0v) is 11.3. The molecular weight excluding hydrogens is 260 g/mol. The maximum atomic E-state index is 12.1.